The molecule has 0 bridgehead atoms. The van der Waals surface area contributed by atoms with E-state index in [-0.39, 0.29) is 5.92 Å². The normalized spacial score (nSPS) is 18.9. The Morgan fingerprint density at radius 1 is 0.850 bits per heavy atom. The number of benzene rings is 2. The van der Waals surface area contributed by atoms with Gasteiger partial charge in [-0.2, -0.15) is 26.3 Å². The van der Waals surface area contributed by atoms with E-state index in [1.165, 1.54) is 41.1 Å². The first-order chi connectivity index (χ1) is 19.0. The van der Waals surface area contributed by atoms with Crippen molar-refractivity contribution in [2.75, 3.05) is 19.6 Å². The van der Waals surface area contributed by atoms with E-state index >= 15 is 0 Å². The van der Waals surface area contributed by atoms with E-state index in [1.54, 1.807) is 0 Å². The van der Waals surface area contributed by atoms with Crippen molar-refractivity contribution in [2.45, 2.75) is 69.1 Å². The summed E-state index contributed by atoms with van der Waals surface area (Å²) in [6.07, 6.45) is 2.32. The van der Waals surface area contributed by atoms with E-state index in [2.05, 4.69) is 35.2 Å². The highest BCUT2D eigenvalue weighted by Gasteiger charge is 2.32. The molecule has 2 nitrogen and oxygen atoms in total. The van der Waals surface area contributed by atoms with Gasteiger partial charge in [0.2, 0.25) is 0 Å². The van der Waals surface area contributed by atoms with E-state index in [0.29, 0.717) is 29.4 Å². The van der Waals surface area contributed by atoms with Crippen LogP contribution >= 0.6 is 0 Å². The van der Waals surface area contributed by atoms with Gasteiger partial charge in [0.25, 0.3) is 0 Å². The van der Waals surface area contributed by atoms with Crippen LogP contribution in [0.5, 0.6) is 0 Å². The van der Waals surface area contributed by atoms with Gasteiger partial charge < -0.3 is 9.88 Å². The van der Waals surface area contributed by atoms with Crippen molar-refractivity contribution < 1.29 is 26.3 Å². The van der Waals surface area contributed by atoms with Crippen LogP contribution < -0.4 is 0 Å². The summed E-state index contributed by atoms with van der Waals surface area (Å²) in [7, 11) is 0. The molecule has 1 aromatic heterocycles. The van der Waals surface area contributed by atoms with Gasteiger partial charge in [0, 0.05) is 17.8 Å². The highest BCUT2D eigenvalue weighted by atomic mass is 19.4. The molecule has 3 aromatic rings. The molecule has 1 unspecified atom stereocenters. The molecule has 2 heterocycles. The standard InChI is InChI=1S/C32H34F6N2/c1-21-4-2-6-29-30(21)28(20-39-29)24-15-18-40(19-16-24)17-3-5-27(22-7-11-25(12-8-22)31(33,34)35)23-9-13-26(14-10-23)32(36,37)38/h2,6-14,20-21,24,27,39H,3-5,15-19H2,1H3. The first-order valence-electron chi connectivity index (χ1n) is 13.9. The van der Waals surface area contributed by atoms with Gasteiger partial charge in [-0.3, -0.25) is 0 Å². The summed E-state index contributed by atoms with van der Waals surface area (Å²) in [4.78, 5) is 5.87. The number of hydrogen-bond donors (Lipinski definition) is 1. The molecule has 0 spiro atoms. The molecule has 2 aromatic carbocycles. The molecule has 0 amide bonds. The lowest BCUT2D eigenvalue weighted by atomic mass is 9.82. The topological polar surface area (TPSA) is 19.0 Å². The maximum Gasteiger partial charge on any atom is 0.416 e. The zero-order valence-electron chi connectivity index (χ0n) is 22.5. The number of rotatable bonds is 7. The lowest BCUT2D eigenvalue weighted by molar-refractivity contribution is -0.138. The minimum Gasteiger partial charge on any atom is -0.361 e. The fourth-order valence-corrected chi connectivity index (χ4v) is 6.32. The zero-order chi connectivity index (χ0) is 28.5. The van der Waals surface area contributed by atoms with Crippen molar-refractivity contribution in [1.82, 2.24) is 9.88 Å². The lowest BCUT2D eigenvalue weighted by Gasteiger charge is -2.33. The van der Waals surface area contributed by atoms with Crippen LogP contribution in [-0.4, -0.2) is 29.5 Å². The summed E-state index contributed by atoms with van der Waals surface area (Å²) in [5, 5.41) is 0. The van der Waals surface area contributed by atoms with Crippen LogP contribution in [0.15, 0.2) is 60.8 Å². The minimum atomic E-state index is -4.44. The molecule has 1 aliphatic carbocycles. The number of H-pyrrole nitrogens is 1. The lowest BCUT2D eigenvalue weighted by Crippen LogP contribution is -2.34. The molecule has 0 radical (unpaired) electrons. The van der Waals surface area contributed by atoms with E-state index < -0.39 is 23.5 Å². The Balaban J connectivity index is 1.23. The maximum absolute atomic E-state index is 13.1. The van der Waals surface area contributed by atoms with Gasteiger partial charge in [0.15, 0.2) is 0 Å². The number of aromatic amines is 1. The van der Waals surface area contributed by atoms with Crippen molar-refractivity contribution in [3.63, 3.8) is 0 Å². The van der Waals surface area contributed by atoms with E-state index in [4.69, 9.17) is 0 Å². The molecule has 0 saturated carbocycles. The summed E-state index contributed by atoms with van der Waals surface area (Å²) in [6, 6.07) is 9.99. The smallest absolute Gasteiger partial charge is 0.361 e. The average Bonchev–Trinajstić information content (AvgIpc) is 3.36. The van der Waals surface area contributed by atoms with Crippen LogP contribution in [-0.2, 0) is 12.4 Å². The molecule has 214 valence electrons. The quantitative estimate of drug-likeness (QED) is 0.285. The van der Waals surface area contributed by atoms with Gasteiger partial charge >= 0.3 is 12.4 Å². The van der Waals surface area contributed by atoms with Crippen LogP contribution in [0.3, 0.4) is 0 Å². The summed E-state index contributed by atoms with van der Waals surface area (Å²) in [5.41, 5.74) is 4.00. The second-order valence-electron chi connectivity index (χ2n) is 11.2. The van der Waals surface area contributed by atoms with E-state index in [0.717, 1.165) is 69.6 Å². The molecule has 1 atom stereocenters. The summed E-state index contributed by atoms with van der Waals surface area (Å²) in [5.74, 6) is 0.756. The van der Waals surface area contributed by atoms with Gasteiger partial charge in [0.05, 0.1) is 11.1 Å². The van der Waals surface area contributed by atoms with Crippen molar-refractivity contribution in [3.05, 3.63) is 99.9 Å². The van der Waals surface area contributed by atoms with Gasteiger partial charge in [-0.25, -0.2) is 0 Å². The summed E-state index contributed by atoms with van der Waals surface area (Å²) < 4.78 is 78.7. The molecule has 40 heavy (non-hydrogen) atoms. The first-order valence-corrected chi connectivity index (χ1v) is 13.9. The van der Waals surface area contributed by atoms with Crippen LogP contribution in [0.2, 0.25) is 0 Å². The Bertz CT molecular complexity index is 1240. The van der Waals surface area contributed by atoms with Crippen molar-refractivity contribution >= 4 is 6.08 Å². The van der Waals surface area contributed by atoms with Gasteiger partial charge in [-0.1, -0.05) is 37.3 Å². The summed E-state index contributed by atoms with van der Waals surface area (Å²) in [6.45, 7) is 5.06. The monoisotopic (exact) mass is 560 g/mol. The van der Waals surface area contributed by atoms with E-state index in [1.807, 2.05) is 0 Å². The van der Waals surface area contributed by atoms with Crippen LogP contribution in [0.4, 0.5) is 26.3 Å². The SMILES string of the molecule is CC1CC=Cc2[nH]cc(C3CCN(CCCC(c4ccc(C(F)(F)F)cc4)c4ccc(C(F)(F)F)cc4)CC3)c21. The average molecular weight is 561 g/mol. The van der Waals surface area contributed by atoms with Crippen molar-refractivity contribution in [2.24, 2.45) is 0 Å². The number of nitrogens with zero attached hydrogens (tertiary/aromatic N) is 1. The Kier molecular flexibility index (Phi) is 8.18. The maximum atomic E-state index is 13.1. The molecule has 1 N–H and O–H groups in total. The fourth-order valence-electron chi connectivity index (χ4n) is 6.32. The highest BCUT2D eigenvalue weighted by Crippen LogP contribution is 2.40. The number of aromatic nitrogens is 1. The molecule has 1 aliphatic heterocycles. The Labute approximate surface area is 231 Å². The van der Waals surface area contributed by atoms with Crippen LogP contribution in [0.1, 0.15) is 95.9 Å². The molecule has 5 rings (SSSR count). The predicted molar refractivity (Wildman–Crippen MR) is 145 cm³/mol. The third kappa shape index (κ3) is 6.32. The largest absolute Gasteiger partial charge is 0.416 e. The highest BCUT2D eigenvalue weighted by molar-refractivity contribution is 5.57. The number of alkyl halides is 6. The third-order valence-corrected chi connectivity index (χ3v) is 8.53. The van der Waals surface area contributed by atoms with Gasteiger partial charge in [0.1, 0.15) is 0 Å². The number of fused-ring (bicyclic) bond motifs is 1. The number of halogens is 6. The first kappa shape index (κ1) is 28.5. The number of nitrogens with one attached hydrogen (secondary N) is 1. The Morgan fingerprint density at radius 2 is 1.40 bits per heavy atom. The van der Waals surface area contributed by atoms with E-state index in [9.17, 15) is 26.3 Å². The number of likely N-dealkylation sites (tertiary alicyclic amines) is 1. The molecular weight excluding hydrogens is 526 g/mol. The van der Waals surface area contributed by atoms with Crippen LogP contribution in [0, 0.1) is 0 Å². The van der Waals surface area contributed by atoms with Gasteiger partial charge in [-0.05, 0) is 116 Å². The molecular formula is C32H34F6N2. The molecule has 2 aliphatic rings. The summed E-state index contributed by atoms with van der Waals surface area (Å²) >= 11 is 0. The number of allylic oxidation sites excluding steroid dienone is 1. The second kappa shape index (κ2) is 11.5. The molecule has 1 saturated heterocycles. The van der Waals surface area contributed by atoms with Crippen LogP contribution in [0.25, 0.3) is 6.08 Å². The van der Waals surface area contributed by atoms with Crippen molar-refractivity contribution in [1.29, 1.82) is 0 Å². The molecule has 8 heteroatoms. The van der Waals surface area contributed by atoms with Gasteiger partial charge in [-0.15, -0.1) is 0 Å². The molecule has 1 fully saturated rings. The minimum absolute atomic E-state index is 0.289. The number of piperidine rings is 1. The zero-order valence-corrected chi connectivity index (χ0v) is 22.5. The Hall–Kier alpha value is -3.00. The third-order valence-electron chi connectivity index (χ3n) is 8.53. The second-order valence-corrected chi connectivity index (χ2v) is 11.2. The fraction of sp³-hybridized carbons (Fsp3) is 0.438. The van der Waals surface area contributed by atoms with Crippen molar-refractivity contribution in [3.8, 4) is 0 Å². The number of hydrogen-bond acceptors (Lipinski definition) is 1. The Morgan fingerprint density at radius 3 is 1.93 bits per heavy atom. The predicted octanol–water partition coefficient (Wildman–Crippen LogP) is 9.36.